The minimum Gasteiger partial charge on any atom is -0.444 e. The standard InChI is InChI=1S/C15H19N7O4S2/c1-15(2,3)26-14(25)22-4-8(10(23)18-12-20-16-6-27-12)9(5-22)11(24)19-13-21-17-7-28-13/h6-9H,4-5H2,1-3H3,(H,18,20,23)(H,19,21,24)/t8-,9-/m0/s1. The Hall–Kier alpha value is -2.67. The third kappa shape index (κ3) is 4.98. The zero-order chi connectivity index (χ0) is 20.3. The van der Waals surface area contributed by atoms with Crippen molar-refractivity contribution in [2.45, 2.75) is 26.4 Å². The largest absolute Gasteiger partial charge is 0.444 e. The number of nitrogens with zero attached hydrogens (tertiary/aromatic N) is 5. The van der Waals surface area contributed by atoms with Crippen molar-refractivity contribution in [1.82, 2.24) is 25.3 Å². The number of ether oxygens (including phenoxy) is 1. The fourth-order valence-electron chi connectivity index (χ4n) is 2.66. The SMILES string of the molecule is CC(C)(C)OC(=O)N1C[C@H](C(=O)Nc2nncs2)[C@@H](C(=O)Nc2nncs2)C1. The number of hydrogen-bond acceptors (Lipinski definition) is 10. The predicted molar refractivity (Wildman–Crippen MR) is 102 cm³/mol. The smallest absolute Gasteiger partial charge is 0.410 e. The average Bonchev–Trinajstić information content (AvgIpc) is 3.34. The molecule has 11 nitrogen and oxygen atoms in total. The van der Waals surface area contributed by atoms with Crippen LogP contribution in [-0.2, 0) is 14.3 Å². The van der Waals surface area contributed by atoms with Gasteiger partial charge in [0.05, 0.1) is 11.8 Å². The molecule has 0 saturated carbocycles. The summed E-state index contributed by atoms with van der Waals surface area (Å²) in [5.74, 6) is -2.38. The molecule has 1 fully saturated rings. The Balaban J connectivity index is 1.75. The van der Waals surface area contributed by atoms with E-state index < -0.39 is 35.3 Å². The summed E-state index contributed by atoms with van der Waals surface area (Å²) in [6.07, 6.45) is -0.576. The zero-order valence-electron chi connectivity index (χ0n) is 15.4. The lowest BCUT2D eigenvalue weighted by molar-refractivity contribution is -0.127. The molecule has 1 aliphatic heterocycles. The molecule has 1 saturated heterocycles. The summed E-state index contributed by atoms with van der Waals surface area (Å²) < 4.78 is 5.37. The lowest BCUT2D eigenvalue weighted by atomic mass is 9.94. The normalized spacial score (nSPS) is 19.3. The number of carbonyl (C=O) groups excluding carboxylic acids is 3. The molecule has 2 atom stereocenters. The zero-order valence-corrected chi connectivity index (χ0v) is 17.0. The quantitative estimate of drug-likeness (QED) is 0.750. The van der Waals surface area contributed by atoms with Gasteiger partial charge < -0.3 is 20.3 Å². The van der Waals surface area contributed by atoms with Crippen LogP contribution in [0.1, 0.15) is 20.8 Å². The van der Waals surface area contributed by atoms with Crippen molar-refractivity contribution in [3.63, 3.8) is 0 Å². The van der Waals surface area contributed by atoms with E-state index in [1.165, 1.54) is 15.9 Å². The molecule has 0 bridgehead atoms. The van der Waals surface area contributed by atoms with Gasteiger partial charge in [-0.05, 0) is 20.8 Å². The van der Waals surface area contributed by atoms with E-state index in [-0.39, 0.29) is 13.1 Å². The topological polar surface area (TPSA) is 139 Å². The first-order chi connectivity index (χ1) is 13.2. The van der Waals surface area contributed by atoms with Crippen molar-refractivity contribution in [3.8, 4) is 0 Å². The van der Waals surface area contributed by atoms with Crippen LogP contribution in [0.2, 0.25) is 0 Å². The van der Waals surface area contributed by atoms with Crippen LogP contribution in [0.3, 0.4) is 0 Å². The molecule has 0 aliphatic carbocycles. The lowest BCUT2D eigenvalue weighted by Crippen LogP contribution is -2.36. The molecule has 2 aromatic rings. The lowest BCUT2D eigenvalue weighted by Gasteiger charge is -2.24. The summed E-state index contributed by atoms with van der Waals surface area (Å²) in [4.78, 5) is 39.2. The average molecular weight is 425 g/mol. The molecular formula is C15H19N7O4S2. The van der Waals surface area contributed by atoms with Crippen LogP contribution in [-0.4, -0.2) is 61.9 Å². The van der Waals surface area contributed by atoms with Gasteiger partial charge in [-0.1, -0.05) is 22.7 Å². The van der Waals surface area contributed by atoms with Gasteiger partial charge >= 0.3 is 6.09 Å². The van der Waals surface area contributed by atoms with E-state index in [2.05, 4.69) is 31.0 Å². The Morgan fingerprint density at radius 3 is 1.82 bits per heavy atom. The Morgan fingerprint density at radius 2 is 1.46 bits per heavy atom. The molecule has 2 N–H and O–H groups in total. The molecule has 28 heavy (non-hydrogen) atoms. The Bertz CT molecular complexity index is 779. The molecule has 13 heteroatoms. The highest BCUT2D eigenvalue weighted by Gasteiger charge is 2.45. The van der Waals surface area contributed by atoms with Gasteiger partial charge in [-0.25, -0.2) is 4.79 Å². The molecule has 3 rings (SSSR count). The highest BCUT2D eigenvalue weighted by atomic mass is 32.1. The van der Waals surface area contributed by atoms with E-state index in [4.69, 9.17) is 4.74 Å². The van der Waals surface area contributed by atoms with Crippen molar-refractivity contribution in [2.75, 3.05) is 23.7 Å². The van der Waals surface area contributed by atoms with Crippen LogP contribution in [0.4, 0.5) is 15.1 Å². The van der Waals surface area contributed by atoms with E-state index in [1.54, 1.807) is 20.8 Å². The highest BCUT2D eigenvalue weighted by Crippen LogP contribution is 2.28. The number of amides is 3. The number of aromatic nitrogens is 4. The van der Waals surface area contributed by atoms with Crippen LogP contribution in [0.15, 0.2) is 11.0 Å². The molecule has 2 aromatic heterocycles. The van der Waals surface area contributed by atoms with Crippen LogP contribution in [0.5, 0.6) is 0 Å². The van der Waals surface area contributed by atoms with E-state index >= 15 is 0 Å². The van der Waals surface area contributed by atoms with Crippen LogP contribution >= 0.6 is 22.7 Å². The van der Waals surface area contributed by atoms with Crippen molar-refractivity contribution < 1.29 is 19.1 Å². The summed E-state index contributed by atoms with van der Waals surface area (Å²) in [5, 5.41) is 20.8. The molecule has 1 aliphatic rings. The number of rotatable bonds is 4. The molecular weight excluding hydrogens is 406 g/mol. The number of likely N-dealkylation sites (tertiary alicyclic amines) is 1. The minimum atomic E-state index is -0.774. The molecule has 3 heterocycles. The Morgan fingerprint density at radius 1 is 1.00 bits per heavy atom. The van der Waals surface area contributed by atoms with E-state index in [0.29, 0.717) is 10.3 Å². The number of hydrogen-bond donors (Lipinski definition) is 2. The van der Waals surface area contributed by atoms with Crippen molar-refractivity contribution in [2.24, 2.45) is 11.8 Å². The fourth-order valence-corrected chi connectivity index (χ4v) is 3.56. The summed E-state index contributed by atoms with van der Waals surface area (Å²) in [7, 11) is 0. The fraction of sp³-hybridized carbons (Fsp3) is 0.533. The second-order valence-electron chi connectivity index (χ2n) is 7.06. The van der Waals surface area contributed by atoms with Gasteiger partial charge in [-0.15, -0.1) is 20.4 Å². The maximum Gasteiger partial charge on any atom is 0.410 e. The molecule has 0 spiro atoms. The van der Waals surface area contributed by atoms with Gasteiger partial charge in [0.25, 0.3) is 0 Å². The van der Waals surface area contributed by atoms with Gasteiger partial charge in [0, 0.05) is 13.1 Å². The second-order valence-corrected chi connectivity index (χ2v) is 8.73. The van der Waals surface area contributed by atoms with Crippen molar-refractivity contribution in [1.29, 1.82) is 0 Å². The van der Waals surface area contributed by atoms with Gasteiger partial charge in [0.1, 0.15) is 16.6 Å². The van der Waals surface area contributed by atoms with Crippen LogP contribution in [0, 0.1) is 11.8 Å². The maximum atomic E-state index is 12.7. The first-order valence-corrected chi connectivity index (χ1v) is 10.1. The van der Waals surface area contributed by atoms with Gasteiger partial charge in [0.15, 0.2) is 0 Å². The third-order valence-corrected chi connectivity index (χ3v) is 5.04. The molecule has 0 unspecified atom stereocenters. The van der Waals surface area contributed by atoms with E-state index in [0.717, 1.165) is 22.7 Å². The van der Waals surface area contributed by atoms with Crippen molar-refractivity contribution >= 4 is 50.8 Å². The summed E-state index contributed by atoms with van der Waals surface area (Å²) in [5.41, 5.74) is 2.28. The summed E-state index contributed by atoms with van der Waals surface area (Å²) in [6, 6.07) is 0. The second kappa shape index (κ2) is 8.14. The first-order valence-electron chi connectivity index (χ1n) is 8.35. The maximum absolute atomic E-state index is 12.7. The molecule has 0 radical (unpaired) electrons. The molecule has 0 aromatic carbocycles. The van der Waals surface area contributed by atoms with Gasteiger partial charge in [0.2, 0.25) is 22.1 Å². The highest BCUT2D eigenvalue weighted by molar-refractivity contribution is 7.13. The van der Waals surface area contributed by atoms with Crippen LogP contribution < -0.4 is 10.6 Å². The first kappa shape index (κ1) is 20.1. The van der Waals surface area contributed by atoms with Gasteiger partial charge in [-0.2, -0.15) is 0 Å². The molecule has 3 amide bonds. The predicted octanol–water partition coefficient (Wildman–Crippen LogP) is 1.45. The van der Waals surface area contributed by atoms with Crippen molar-refractivity contribution in [3.05, 3.63) is 11.0 Å². The Labute approximate surface area is 168 Å². The van der Waals surface area contributed by atoms with E-state index in [9.17, 15) is 14.4 Å². The molecule has 150 valence electrons. The number of nitrogens with one attached hydrogen (secondary N) is 2. The van der Waals surface area contributed by atoms with E-state index in [1.807, 2.05) is 0 Å². The summed E-state index contributed by atoms with van der Waals surface area (Å²) in [6.45, 7) is 5.35. The third-order valence-electron chi connectivity index (χ3n) is 3.83. The minimum absolute atomic E-state index is 0.0494. The number of carbonyl (C=O) groups is 3. The van der Waals surface area contributed by atoms with Crippen LogP contribution in [0.25, 0.3) is 0 Å². The monoisotopic (exact) mass is 425 g/mol. The Kier molecular flexibility index (Phi) is 5.84. The van der Waals surface area contributed by atoms with Gasteiger partial charge in [-0.3, -0.25) is 9.59 Å². The number of anilines is 2. The summed E-state index contributed by atoms with van der Waals surface area (Å²) >= 11 is 2.32.